The minimum absolute atomic E-state index is 0.00650. The number of rotatable bonds is 6. The van der Waals surface area contributed by atoms with Gasteiger partial charge in [0.1, 0.15) is 17.9 Å². The van der Waals surface area contributed by atoms with Gasteiger partial charge in [0.15, 0.2) is 0 Å². The van der Waals surface area contributed by atoms with Crippen LogP contribution in [0.15, 0.2) is 78.9 Å². The summed E-state index contributed by atoms with van der Waals surface area (Å²) in [5.41, 5.74) is 2.68. The molecule has 2 saturated heterocycles. The molecule has 0 atom stereocenters. The Bertz CT molecular complexity index is 1390. The molecule has 8 heteroatoms. The number of carbonyl (C=O) groups excluding carboxylic acids is 3. The average Bonchev–Trinajstić information content (AvgIpc) is 3.23. The van der Waals surface area contributed by atoms with E-state index in [1.54, 1.807) is 17.0 Å². The predicted octanol–water partition coefficient (Wildman–Crippen LogP) is 4.72. The molecule has 3 amide bonds. The van der Waals surface area contributed by atoms with E-state index in [-0.39, 0.29) is 48.7 Å². The van der Waals surface area contributed by atoms with E-state index < -0.39 is 5.54 Å². The summed E-state index contributed by atoms with van der Waals surface area (Å²) >= 11 is 0. The molecule has 0 unspecified atom stereocenters. The Balaban J connectivity index is 1.28. The summed E-state index contributed by atoms with van der Waals surface area (Å²) in [5, 5.41) is 2.84. The van der Waals surface area contributed by atoms with Gasteiger partial charge < -0.3 is 20.0 Å². The average molecular weight is 557 g/mol. The van der Waals surface area contributed by atoms with E-state index in [0.29, 0.717) is 31.5 Å². The second kappa shape index (κ2) is 11.4. The highest BCUT2D eigenvalue weighted by atomic mass is 19.1. The summed E-state index contributed by atoms with van der Waals surface area (Å²) in [6, 6.07) is 23.5. The first-order chi connectivity index (χ1) is 19.6. The molecule has 0 radical (unpaired) electrons. The topological polar surface area (TPSA) is 73.0 Å². The number of likely N-dealkylation sites (tertiary alicyclic amines) is 1. The zero-order valence-electron chi connectivity index (χ0n) is 23.9. The first-order valence-corrected chi connectivity index (χ1v) is 14.1. The van der Waals surface area contributed by atoms with Crippen molar-refractivity contribution in [3.05, 3.63) is 101 Å². The van der Waals surface area contributed by atoms with Gasteiger partial charge in [-0.25, -0.2) is 4.39 Å². The smallest absolute Gasteiger partial charge is 0.253 e. The number of hydrogen-bond acceptors (Lipinski definition) is 4. The fourth-order valence-corrected chi connectivity index (χ4v) is 5.73. The highest BCUT2D eigenvalue weighted by Crippen LogP contribution is 2.39. The Morgan fingerprint density at radius 3 is 2.15 bits per heavy atom. The maximum atomic E-state index is 14.0. The molecule has 2 aliphatic rings. The summed E-state index contributed by atoms with van der Waals surface area (Å²) in [5.74, 6) is -0.742. The van der Waals surface area contributed by atoms with Crippen LogP contribution in [-0.2, 0) is 21.5 Å². The summed E-state index contributed by atoms with van der Waals surface area (Å²) in [4.78, 5) is 45.6. The lowest BCUT2D eigenvalue weighted by atomic mass is 9.84. The predicted molar refractivity (Wildman–Crippen MR) is 157 cm³/mol. The van der Waals surface area contributed by atoms with Gasteiger partial charge in [0.25, 0.3) is 11.8 Å². The minimum atomic E-state index is -0.828. The Kier molecular flexibility index (Phi) is 7.84. The quantitative estimate of drug-likeness (QED) is 0.477. The molecule has 3 aromatic carbocycles. The van der Waals surface area contributed by atoms with Crippen LogP contribution < -0.4 is 10.2 Å². The van der Waals surface area contributed by atoms with Crippen LogP contribution in [-0.4, -0.2) is 59.4 Å². The number of anilines is 1. The fourth-order valence-electron chi connectivity index (χ4n) is 5.73. The van der Waals surface area contributed by atoms with Crippen molar-refractivity contribution < 1.29 is 18.8 Å². The van der Waals surface area contributed by atoms with E-state index in [0.717, 1.165) is 11.3 Å². The maximum absolute atomic E-state index is 14.0. The number of carbonyl (C=O) groups is 3. The van der Waals surface area contributed by atoms with Crippen molar-refractivity contribution in [1.82, 2.24) is 15.1 Å². The Morgan fingerprint density at radius 2 is 1.54 bits per heavy atom. The highest BCUT2D eigenvalue weighted by Gasteiger charge is 2.54. The van der Waals surface area contributed by atoms with Crippen LogP contribution in [0, 0.1) is 5.82 Å². The maximum Gasteiger partial charge on any atom is 0.253 e. The van der Waals surface area contributed by atoms with Gasteiger partial charge in [0.2, 0.25) is 5.91 Å². The Hall–Kier alpha value is -4.20. The summed E-state index contributed by atoms with van der Waals surface area (Å²) in [6.45, 7) is 7.78. The van der Waals surface area contributed by atoms with Crippen molar-refractivity contribution in [3.8, 4) is 0 Å². The standard InChI is InChI=1S/C33H37FN4O3/c1-32(2,3)26-13-11-25(12-14-26)30(40)36-19-17-33(18-20-36)31(41)37(23-38(33)28-7-5-4-6-8-28)22-29(39)35-21-24-9-15-27(34)16-10-24/h4-16H,17-23H2,1-3H3,(H,35,39). The number of amides is 3. The van der Waals surface area contributed by atoms with Crippen LogP contribution in [0.2, 0.25) is 0 Å². The summed E-state index contributed by atoms with van der Waals surface area (Å²) in [6.07, 6.45) is 0.945. The lowest BCUT2D eigenvalue weighted by Gasteiger charge is -2.43. The lowest BCUT2D eigenvalue weighted by molar-refractivity contribution is -0.137. The van der Waals surface area contributed by atoms with Crippen molar-refractivity contribution >= 4 is 23.4 Å². The van der Waals surface area contributed by atoms with E-state index in [1.165, 1.54) is 17.7 Å². The molecule has 1 spiro atoms. The summed E-state index contributed by atoms with van der Waals surface area (Å²) < 4.78 is 13.2. The van der Waals surface area contributed by atoms with E-state index >= 15 is 0 Å². The van der Waals surface area contributed by atoms with E-state index in [2.05, 4.69) is 31.0 Å². The fraction of sp³-hybridized carbons (Fsp3) is 0.364. The van der Waals surface area contributed by atoms with Crippen molar-refractivity contribution in [2.75, 3.05) is 31.2 Å². The van der Waals surface area contributed by atoms with Crippen LogP contribution >= 0.6 is 0 Å². The monoisotopic (exact) mass is 556 g/mol. The van der Waals surface area contributed by atoms with Gasteiger partial charge in [-0.15, -0.1) is 0 Å². The van der Waals surface area contributed by atoms with Crippen LogP contribution in [0.25, 0.3) is 0 Å². The molecule has 2 fully saturated rings. The van der Waals surface area contributed by atoms with Gasteiger partial charge in [-0.1, -0.05) is 63.2 Å². The minimum Gasteiger partial charge on any atom is -0.350 e. The third-order valence-electron chi connectivity index (χ3n) is 8.20. The molecule has 5 rings (SSSR count). The third-order valence-corrected chi connectivity index (χ3v) is 8.20. The first kappa shape index (κ1) is 28.3. The number of piperidine rings is 1. The number of hydrogen-bond donors (Lipinski definition) is 1. The number of benzene rings is 3. The molecule has 0 aromatic heterocycles. The van der Waals surface area contributed by atoms with Crippen LogP contribution in [0.1, 0.15) is 55.1 Å². The largest absolute Gasteiger partial charge is 0.350 e. The number of nitrogens with one attached hydrogen (secondary N) is 1. The Labute approximate surface area is 240 Å². The van der Waals surface area contributed by atoms with E-state index in [4.69, 9.17) is 0 Å². The molecular weight excluding hydrogens is 519 g/mol. The molecule has 3 aromatic rings. The van der Waals surface area contributed by atoms with Crippen molar-refractivity contribution in [2.24, 2.45) is 0 Å². The van der Waals surface area contributed by atoms with Gasteiger partial charge in [0, 0.05) is 30.9 Å². The Morgan fingerprint density at radius 1 is 0.902 bits per heavy atom. The molecule has 0 aliphatic carbocycles. The number of nitrogens with zero attached hydrogens (tertiary/aromatic N) is 3. The second-order valence-electron chi connectivity index (χ2n) is 12.0. The highest BCUT2D eigenvalue weighted by molar-refractivity contribution is 5.97. The third kappa shape index (κ3) is 5.97. The van der Waals surface area contributed by atoms with E-state index in [1.807, 2.05) is 59.5 Å². The molecular formula is C33H37FN4O3. The number of para-hydroxylation sites is 1. The second-order valence-corrected chi connectivity index (χ2v) is 12.0. The molecule has 2 aliphatic heterocycles. The normalized spacial score (nSPS) is 16.8. The van der Waals surface area contributed by atoms with Gasteiger partial charge in [-0.3, -0.25) is 14.4 Å². The molecule has 0 saturated carbocycles. The van der Waals surface area contributed by atoms with Gasteiger partial charge >= 0.3 is 0 Å². The van der Waals surface area contributed by atoms with Crippen LogP contribution in [0.4, 0.5) is 10.1 Å². The lowest BCUT2D eigenvalue weighted by Crippen LogP contribution is -2.57. The SMILES string of the molecule is CC(C)(C)c1ccc(C(=O)N2CCC3(CC2)C(=O)N(CC(=O)NCc2ccc(F)cc2)CN3c2ccccc2)cc1. The zero-order valence-corrected chi connectivity index (χ0v) is 23.9. The molecule has 1 N–H and O–H groups in total. The molecule has 7 nitrogen and oxygen atoms in total. The van der Waals surface area contributed by atoms with Crippen molar-refractivity contribution in [1.29, 1.82) is 0 Å². The van der Waals surface area contributed by atoms with Gasteiger partial charge in [-0.2, -0.15) is 0 Å². The molecule has 41 heavy (non-hydrogen) atoms. The van der Waals surface area contributed by atoms with Crippen molar-refractivity contribution in [3.63, 3.8) is 0 Å². The molecule has 214 valence electrons. The molecule has 2 heterocycles. The molecule has 0 bridgehead atoms. The van der Waals surface area contributed by atoms with Crippen molar-refractivity contribution in [2.45, 2.75) is 51.1 Å². The van der Waals surface area contributed by atoms with Gasteiger partial charge in [-0.05, 0) is 65.8 Å². The van der Waals surface area contributed by atoms with Crippen LogP contribution in [0.3, 0.4) is 0 Å². The van der Waals surface area contributed by atoms with Gasteiger partial charge in [0.05, 0.1) is 6.67 Å². The summed E-state index contributed by atoms with van der Waals surface area (Å²) in [7, 11) is 0. The number of halogens is 1. The van der Waals surface area contributed by atoms with Crippen LogP contribution in [0.5, 0.6) is 0 Å². The zero-order chi connectivity index (χ0) is 29.2. The van der Waals surface area contributed by atoms with E-state index in [9.17, 15) is 18.8 Å². The first-order valence-electron chi connectivity index (χ1n) is 14.1.